The molecule has 0 aromatic heterocycles. The van der Waals surface area contributed by atoms with E-state index in [0.717, 1.165) is 5.88 Å². The van der Waals surface area contributed by atoms with Gasteiger partial charge < -0.3 is 5.32 Å². The van der Waals surface area contributed by atoms with Crippen molar-refractivity contribution in [3.63, 3.8) is 0 Å². The van der Waals surface area contributed by atoms with Gasteiger partial charge in [-0.15, -0.1) is 11.8 Å². The van der Waals surface area contributed by atoms with Gasteiger partial charge in [0.1, 0.15) is 6.04 Å². The Labute approximate surface area is 71.3 Å². The summed E-state index contributed by atoms with van der Waals surface area (Å²) in [6.45, 7) is 4.16. The number of likely N-dealkylation sites (N-methyl/N-ethyl adjacent to an activating group) is 1. The van der Waals surface area contributed by atoms with Gasteiger partial charge in [-0.2, -0.15) is 0 Å². The van der Waals surface area contributed by atoms with Crippen LogP contribution >= 0.6 is 11.8 Å². The Hall–Kier alpha value is -0.220. The molecule has 1 atom stereocenters. The van der Waals surface area contributed by atoms with Gasteiger partial charge >= 0.3 is 0 Å². The van der Waals surface area contributed by atoms with E-state index in [1.165, 1.54) is 0 Å². The van der Waals surface area contributed by atoms with Gasteiger partial charge in [0, 0.05) is 17.7 Å². The highest BCUT2D eigenvalue weighted by atomic mass is 32.2. The number of thioether (sulfide) groups is 1. The lowest BCUT2D eigenvalue weighted by atomic mass is 10.0. The Bertz CT molecular complexity index is 170. The van der Waals surface area contributed by atoms with Crippen LogP contribution < -0.4 is 10.6 Å². The molecular weight excluding hydrogens is 160 g/mol. The van der Waals surface area contributed by atoms with E-state index >= 15 is 0 Å². The van der Waals surface area contributed by atoms with Crippen molar-refractivity contribution in [2.75, 3.05) is 12.9 Å². The summed E-state index contributed by atoms with van der Waals surface area (Å²) in [6, 6.07) is -0.0440. The number of rotatable bonds is 1. The van der Waals surface area contributed by atoms with Gasteiger partial charge in [0.2, 0.25) is 5.91 Å². The molecule has 0 saturated carbocycles. The molecule has 1 saturated heterocycles. The van der Waals surface area contributed by atoms with Crippen molar-refractivity contribution in [3.05, 3.63) is 0 Å². The molecule has 0 aromatic carbocycles. The smallest absolute Gasteiger partial charge is 0.238 e. The molecule has 64 valence electrons. The van der Waals surface area contributed by atoms with Crippen LogP contribution in [0.15, 0.2) is 0 Å². The van der Waals surface area contributed by atoms with Crippen molar-refractivity contribution in [2.24, 2.45) is 0 Å². The number of hydrogen-bond acceptors (Lipinski definition) is 3. The lowest BCUT2D eigenvalue weighted by Gasteiger charge is -2.23. The molecule has 0 bridgehead atoms. The number of hydrogen-bond donors (Lipinski definition) is 2. The zero-order valence-electron chi connectivity index (χ0n) is 7.10. The van der Waals surface area contributed by atoms with E-state index < -0.39 is 0 Å². The van der Waals surface area contributed by atoms with Gasteiger partial charge in [-0.05, 0) is 13.8 Å². The van der Waals surface area contributed by atoms with Crippen LogP contribution in [0, 0.1) is 0 Å². The zero-order chi connectivity index (χ0) is 8.48. The fourth-order valence-corrected chi connectivity index (χ4v) is 2.17. The van der Waals surface area contributed by atoms with Crippen LogP contribution in [-0.4, -0.2) is 29.6 Å². The summed E-state index contributed by atoms with van der Waals surface area (Å²) < 4.78 is 0.0279. The van der Waals surface area contributed by atoms with Crippen LogP contribution in [-0.2, 0) is 4.79 Å². The molecule has 1 fully saturated rings. The van der Waals surface area contributed by atoms with E-state index in [1.54, 1.807) is 18.8 Å². The highest BCUT2D eigenvalue weighted by Crippen LogP contribution is 2.32. The van der Waals surface area contributed by atoms with E-state index in [1.807, 2.05) is 0 Å². The summed E-state index contributed by atoms with van der Waals surface area (Å²) in [7, 11) is 1.67. The van der Waals surface area contributed by atoms with Crippen molar-refractivity contribution in [1.82, 2.24) is 10.6 Å². The van der Waals surface area contributed by atoms with Crippen LogP contribution in [0.5, 0.6) is 0 Å². The summed E-state index contributed by atoms with van der Waals surface area (Å²) in [6.07, 6.45) is 0. The fourth-order valence-electron chi connectivity index (χ4n) is 1.19. The molecular formula is C7H14N2OS. The van der Waals surface area contributed by atoms with Crippen molar-refractivity contribution in [1.29, 1.82) is 0 Å². The van der Waals surface area contributed by atoms with Crippen LogP contribution in [0.25, 0.3) is 0 Å². The van der Waals surface area contributed by atoms with Crippen molar-refractivity contribution >= 4 is 17.7 Å². The second kappa shape index (κ2) is 3.03. The summed E-state index contributed by atoms with van der Waals surface area (Å²) in [5.41, 5.74) is 0. The summed E-state index contributed by atoms with van der Waals surface area (Å²) >= 11 is 1.78. The van der Waals surface area contributed by atoms with E-state index in [-0.39, 0.29) is 16.7 Å². The molecule has 1 unspecified atom stereocenters. The maximum absolute atomic E-state index is 11.2. The van der Waals surface area contributed by atoms with E-state index in [4.69, 9.17) is 0 Å². The van der Waals surface area contributed by atoms with Gasteiger partial charge in [0.25, 0.3) is 0 Å². The standard InChI is InChI=1S/C7H14N2OS/c1-7(2)5(6(10)8-3)9-4-11-7/h5,9H,4H2,1-3H3,(H,8,10). The highest BCUT2D eigenvalue weighted by Gasteiger charge is 2.39. The topological polar surface area (TPSA) is 41.1 Å². The predicted molar refractivity (Wildman–Crippen MR) is 47.5 cm³/mol. The van der Waals surface area contributed by atoms with E-state index in [2.05, 4.69) is 24.5 Å². The van der Waals surface area contributed by atoms with Crippen LogP contribution in [0.2, 0.25) is 0 Å². The SMILES string of the molecule is CNC(=O)C1NCSC1(C)C. The molecule has 3 nitrogen and oxygen atoms in total. The number of carbonyl (C=O) groups excluding carboxylic acids is 1. The van der Waals surface area contributed by atoms with Gasteiger partial charge in [-0.3, -0.25) is 10.1 Å². The van der Waals surface area contributed by atoms with E-state index in [0.29, 0.717) is 0 Å². The van der Waals surface area contributed by atoms with Gasteiger partial charge in [0.05, 0.1) is 0 Å². The van der Waals surface area contributed by atoms with Crippen LogP contribution in [0.4, 0.5) is 0 Å². The van der Waals surface area contributed by atoms with Crippen LogP contribution in [0.3, 0.4) is 0 Å². The summed E-state index contributed by atoms with van der Waals surface area (Å²) in [5.74, 6) is 0.949. The van der Waals surface area contributed by atoms with Crippen LogP contribution in [0.1, 0.15) is 13.8 Å². The third-order valence-electron chi connectivity index (χ3n) is 1.94. The first-order valence-corrected chi connectivity index (χ1v) is 4.65. The molecule has 1 rings (SSSR count). The van der Waals surface area contributed by atoms with Crippen molar-refractivity contribution in [3.8, 4) is 0 Å². The first-order valence-electron chi connectivity index (χ1n) is 3.67. The molecule has 0 spiro atoms. The lowest BCUT2D eigenvalue weighted by Crippen LogP contribution is -2.48. The van der Waals surface area contributed by atoms with Crippen molar-refractivity contribution in [2.45, 2.75) is 24.6 Å². The minimum absolute atomic E-state index is 0.0279. The molecule has 4 heteroatoms. The van der Waals surface area contributed by atoms with Gasteiger partial charge in [0.15, 0.2) is 0 Å². The molecule has 0 aromatic rings. The normalized spacial score (nSPS) is 28.5. The maximum Gasteiger partial charge on any atom is 0.238 e. The summed E-state index contributed by atoms with van der Waals surface area (Å²) in [5, 5.41) is 5.80. The monoisotopic (exact) mass is 174 g/mol. The lowest BCUT2D eigenvalue weighted by molar-refractivity contribution is -0.122. The Morgan fingerprint density at radius 2 is 2.36 bits per heavy atom. The molecule has 1 heterocycles. The average molecular weight is 174 g/mol. The van der Waals surface area contributed by atoms with E-state index in [9.17, 15) is 4.79 Å². The number of carbonyl (C=O) groups is 1. The Kier molecular flexibility index (Phi) is 2.44. The average Bonchev–Trinajstić information content (AvgIpc) is 2.28. The van der Waals surface area contributed by atoms with Gasteiger partial charge in [-0.25, -0.2) is 0 Å². The minimum Gasteiger partial charge on any atom is -0.358 e. The quantitative estimate of drug-likeness (QED) is 0.595. The number of nitrogens with one attached hydrogen (secondary N) is 2. The highest BCUT2D eigenvalue weighted by molar-refractivity contribution is 8.00. The Balaban J connectivity index is 2.64. The predicted octanol–water partition coefficient (Wildman–Crippen LogP) is 0.173. The fraction of sp³-hybridized carbons (Fsp3) is 0.857. The maximum atomic E-state index is 11.2. The molecule has 2 N–H and O–H groups in total. The number of amides is 1. The Morgan fingerprint density at radius 3 is 2.73 bits per heavy atom. The zero-order valence-corrected chi connectivity index (χ0v) is 7.92. The van der Waals surface area contributed by atoms with Crippen molar-refractivity contribution < 1.29 is 4.79 Å². The Morgan fingerprint density at radius 1 is 1.73 bits per heavy atom. The second-order valence-electron chi connectivity index (χ2n) is 3.14. The molecule has 0 radical (unpaired) electrons. The largest absolute Gasteiger partial charge is 0.358 e. The molecule has 11 heavy (non-hydrogen) atoms. The second-order valence-corrected chi connectivity index (χ2v) is 4.77. The third kappa shape index (κ3) is 1.68. The molecule has 1 aliphatic rings. The first kappa shape index (κ1) is 8.87. The molecule has 1 aliphatic heterocycles. The molecule has 1 amide bonds. The van der Waals surface area contributed by atoms with Gasteiger partial charge in [-0.1, -0.05) is 0 Å². The molecule has 0 aliphatic carbocycles. The third-order valence-corrected chi connectivity index (χ3v) is 3.23. The summed E-state index contributed by atoms with van der Waals surface area (Å²) in [4.78, 5) is 11.2. The minimum atomic E-state index is -0.0440. The first-order chi connectivity index (χ1) is 5.08.